The van der Waals surface area contributed by atoms with Crippen LogP contribution in [0, 0.1) is 5.82 Å². The first-order valence-electron chi connectivity index (χ1n) is 8.45. The van der Waals surface area contributed by atoms with Crippen molar-refractivity contribution < 1.29 is 13.9 Å². The lowest BCUT2D eigenvalue weighted by Gasteiger charge is -2.24. The second kappa shape index (κ2) is 6.85. The van der Waals surface area contributed by atoms with Gasteiger partial charge in [-0.1, -0.05) is 19.9 Å². The van der Waals surface area contributed by atoms with Gasteiger partial charge in [0, 0.05) is 18.8 Å². The summed E-state index contributed by atoms with van der Waals surface area (Å²) in [6, 6.07) is 5.38. The number of halogens is 1. The van der Waals surface area contributed by atoms with Crippen LogP contribution in [0.3, 0.4) is 0 Å². The first kappa shape index (κ1) is 16.8. The molecule has 1 aromatic heterocycles. The number of hydrogen-bond donors (Lipinski definition) is 0. The molecule has 0 bridgehead atoms. The molecule has 1 fully saturated rings. The molecule has 0 unspecified atom stereocenters. The Morgan fingerprint density at radius 3 is 2.62 bits per heavy atom. The predicted molar refractivity (Wildman–Crippen MR) is 90.8 cm³/mol. The second-order valence-corrected chi connectivity index (χ2v) is 6.65. The van der Waals surface area contributed by atoms with Crippen LogP contribution in [0.2, 0.25) is 0 Å². The molecule has 0 spiro atoms. The van der Waals surface area contributed by atoms with E-state index in [-0.39, 0.29) is 23.6 Å². The van der Waals surface area contributed by atoms with E-state index >= 15 is 0 Å². The summed E-state index contributed by atoms with van der Waals surface area (Å²) in [6.07, 6.45) is 3.19. The first-order chi connectivity index (χ1) is 11.5. The molecular formula is C19H23FN2O2. The van der Waals surface area contributed by atoms with Crippen molar-refractivity contribution in [3.05, 3.63) is 41.3 Å². The summed E-state index contributed by atoms with van der Waals surface area (Å²) in [6.45, 7) is 6.88. The Balaban J connectivity index is 2.11. The van der Waals surface area contributed by atoms with Crippen molar-refractivity contribution in [3.63, 3.8) is 0 Å². The van der Waals surface area contributed by atoms with Gasteiger partial charge in [-0.25, -0.2) is 4.39 Å². The molecule has 0 atom stereocenters. The van der Waals surface area contributed by atoms with Gasteiger partial charge in [0.15, 0.2) is 5.78 Å². The molecule has 0 N–H and O–H groups in total. The maximum Gasteiger partial charge on any atom is 0.163 e. The monoisotopic (exact) mass is 330 g/mol. The fourth-order valence-electron chi connectivity index (χ4n) is 3.18. The van der Waals surface area contributed by atoms with Gasteiger partial charge in [-0.2, -0.15) is 5.10 Å². The Morgan fingerprint density at radius 2 is 2.04 bits per heavy atom. The normalized spacial score (nSPS) is 15.9. The third-order valence-electron chi connectivity index (χ3n) is 4.63. The highest BCUT2D eigenvalue weighted by atomic mass is 19.1. The number of benzene rings is 1. The standard InChI is InChI=1S/C19H23FN2O2/c1-12(2)14-4-5-16(18(20)10-14)19-17(13(3)23)11-21-22(19)15-6-8-24-9-7-15/h4-5,10-12,15H,6-9H2,1-3H3. The highest BCUT2D eigenvalue weighted by Crippen LogP contribution is 2.33. The van der Waals surface area contributed by atoms with Gasteiger partial charge in [-0.3, -0.25) is 9.48 Å². The number of carbonyl (C=O) groups is 1. The first-order valence-corrected chi connectivity index (χ1v) is 8.45. The van der Waals surface area contributed by atoms with Crippen molar-refractivity contribution >= 4 is 5.78 Å². The number of hydrogen-bond acceptors (Lipinski definition) is 3. The number of nitrogens with zero attached hydrogens (tertiary/aromatic N) is 2. The van der Waals surface area contributed by atoms with Gasteiger partial charge >= 0.3 is 0 Å². The van der Waals surface area contributed by atoms with E-state index < -0.39 is 0 Å². The molecule has 1 saturated heterocycles. The number of aromatic nitrogens is 2. The van der Waals surface area contributed by atoms with E-state index in [0.717, 1.165) is 18.4 Å². The second-order valence-electron chi connectivity index (χ2n) is 6.65. The lowest BCUT2D eigenvalue weighted by Crippen LogP contribution is -2.21. The lowest BCUT2D eigenvalue weighted by atomic mass is 9.97. The molecule has 1 aliphatic rings. The van der Waals surface area contributed by atoms with Gasteiger partial charge < -0.3 is 4.74 Å². The highest BCUT2D eigenvalue weighted by molar-refractivity contribution is 5.99. The average Bonchev–Trinajstić information content (AvgIpc) is 3.00. The minimum Gasteiger partial charge on any atom is -0.381 e. The molecule has 3 rings (SSSR count). The van der Waals surface area contributed by atoms with Crippen molar-refractivity contribution in [1.29, 1.82) is 0 Å². The summed E-state index contributed by atoms with van der Waals surface area (Å²) < 4.78 is 22.0. The quantitative estimate of drug-likeness (QED) is 0.782. The molecule has 1 aliphatic heterocycles. The number of ketones is 1. The SMILES string of the molecule is CC(=O)c1cnn(C2CCOCC2)c1-c1ccc(C(C)C)cc1F. The van der Waals surface area contributed by atoms with Crippen LogP contribution in [-0.2, 0) is 4.74 Å². The van der Waals surface area contributed by atoms with Gasteiger partial charge in [0.25, 0.3) is 0 Å². The molecule has 0 saturated carbocycles. The van der Waals surface area contributed by atoms with Gasteiger partial charge in [-0.05, 0) is 43.4 Å². The van der Waals surface area contributed by atoms with Crippen LogP contribution in [0.4, 0.5) is 4.39 Å². The molecule has 0 aliphatic carbocycles. The molecule has 0 radical (unpaired) electrons. The van der Waals surface area contributed by atoms with Crippen molar-refractivity contribution in [1.82, 2.24) is 9.78 Å². The maximum absolute atomic E-state index is 14.8. The number of ether oxygens (including phenoxy) is 1. The van der Waals surface area contributed by atoms with Crippen molar-refractivity contribution in [2.45, 2.75) is 45.6 Å². The van der Waals surface area contributed by atoms with Crippen molar-refractivity contribution in [2.75, 3.05) is 13.2 Å². The van der Waals surface area contributed by atoms with E-state index in [9.17, 15) is 9.18 Å². The zero-order valence-corrected chi connectivity index (χ0v) is 14.4. The number of carbonyl (C=O) groups excluding carboxylic acids is 1. The summed E-state index contributed by atoms with van der Waals surface area (Å²) in [7, 11) is 0. The Bertz CT molecular complexity index is 746. The van der Waals surface area contributed by atoms with Crippen LogP contribution in [0.15, 0.2) is 24.4 Å². The molecule has 4 nitrogen and oxygen atoms in total. The highest BCUT2D eigenvalue weighted by Gasteiger charge is 2.25. The fraction of sp³-hybridized carbons (Fsp3) is 0.474. The van der Waals surface area contributed by atoms with Gasteiger partial charge in [0.05, 0.1) is 23.5 Å². The number of Topliss-reactive ketones (excluding diaryl/α,β-unsaturated/α-hetero) is 1. The van der Waals surface area contributed by atoms with Gasteiger partial charge in [0.1, 0.15) is 5.82 Å². The van der Waals surface area contributed by atoms with Crippen molar-refractivity contribution in [3.8, 4) is 11.3 Å². The van der Waals surface area contributed by atoms with E-state index in [1.165, 1.54) is 6.92 Å². The van der Waals surface area contributed by atoms with E-state index in [0.29, 0.717) is 30.0 Å². The van der Waals surface area contributed by atoms with Gasteiger partial charge in [-0.15, -0.1) is 0 Å². The molecule has 1 aromatic carbocycles. The maximum atomic E-state index is 14.8. The van der Waals surface area contributed by atoms with E-state index in [4.69, 9.17) is 4.74 Å². The van der Waals surface area contributed by atoms with Gasteiger partial charge in [0.2, 0.25) is 0 Å². The minimum atomic E-state index is -0.308. The molecule has 2 aromatic rings. The topological polar surface area (TPSA) is 44.1 Å². The largest absolute Gasteiger partial charge is 0.381 e. The zero-order chi connectivity index (χ0) is 17.3. The molecule has 5 heteroatoms. The Hall–Kier alpha value is -2.01. The summed E-state index contributed by atoms with van der Waals surface area (Å²) in [5.74, 6) is -0.158. The Morgan fingerprint density at radius 1 is 1.33 bits per heavy atom. The van der Waals surface area contributed by atoms with Crippen LogP contribution >= 0.6 is 0 Å². The molecule has 24 heavy (non-hydrogen) atoms. The molecular weight excluding hydrogens is 307 g/mol. The van der Waals surface area contributed by atoms with Crippen LogP contribution in [-0.4, -0.2) is 28.8 Å². The summed E-state index contributed by atoms with van der Waals surface area (Å²) >= 11 is 0. The predicted octanol–water partition coefficient (Wildman–Crippen LogP) is 4.37. The third kappa shape index (κ3) is 3.13. The van der Waals surface area contributed by atoms with Crippen LogP contribution in [0.5, 0.6) is 0 Å². The fourth-order valence-corrected chi connectivity index (χ4v) is 3.18. The molecule has 2 heterocycles. The lowest BCUT2D eigenvalue weighted by molar-refractivity contribution is 0.0667. The molecule has 128 valence electrons. The average molecular weight is 330 g/mol. The van der Waals surface area contributed by atoms with Crippen molar-refractivity contribution in [2.24, 2.45) is 0 Å². The van der Waals surface area contributed by atoms with E-state index in [1.54, 1.807) is 18.3 Å². The Kier molecular flexibility index (Phi) is 4.81. The minimum absolute atomic E-state index is 0.101. The smallest absolute Gasteiger partial charge is 0.163 e. The van der Waals surface area contributed by atoms with E-state index in [1.807, 2.05) is 24.6 Å². The third-order valence-corrected chi connectivity index (χ3v) is 4.63. The Labute approximate surface area is 141 Å². The van der Waals surface area contributed by atoms with Crippen LogP contribution in [0.1, 0.15) is 61.5 Å². The summed E-state index contributed by atoms with van der Waals surface area (Å²) in [4.78, 5) is 12.0. The van der Waals surface area contributed by atoms with Crippen LogP contribution in [0.25, 0.3) is 11.3 Å². The van der Waals surface area contributed by atoms with E-state index in [2.05, 4.69) is 5.10 Å². The molecule has 0 amide bonds. The summed E-state index contributed by atoms with van der Waals surface area (Å²) in [5.41, 5.74) is 2.44. The zero-order valence-electron chi connectivity index (χ0n) is 14.4. The summed E-state index contributed by atoms with van der Waals surface area (Å²) in [5, 5.41) is 4.41. The van der Waals surface area contributed by atoms with Crippen LogP contribution < -0.4 is 0 Å². The number of rotatable bonds is 4.